The standard InChI is InChI=1S/C26H28N6O2/c1-17-7-9-32(10-8-17)16-18-11-20(14-27-13-18)19-3-5-23-22(12-19)25(31-30-23)26(33)29-21-4-6-24(34-2)28-15-21/h3-6,11-15,17H,7-10,16H2,1-2H3,(H,29,33)(H,30,31). The zero-order valence-electron chi connectivity index (χ0n) is 19.4. The highest BCUT2D eigenvalue weighted by Gasteiger charge is 2.17. The van der Waals surface area contributed by atoms with Gasteiger partial charge in [-0.3, -0.25) is 19.8 Å². The van der Waals surface area contributed by atoms with E-state index in [0.717, 1.165) is 47.6 Å². The van der Waals surface area contributed by atoms with Gasteiger partial charge in [0.25, 0.3) is 5.91 Å². The molecule has 3 aromatic heterocycles. The number of carbonyl (C=O) groups excluding carboxylic acids is 1. The van der Waals surface area contributed by atoms with E-state index < -0.39 is 0 Å². The number of ether oxygens (including phenoxy) is 1. The van der Waals surface area contributed by atoms with E-state index in [0.29, 0.717) is 17.3 Å². The second kappa shape index (κ2) is 9.61. The Kier molecular flexibility index (Phi) is 6.22. The number of rotatable bonds is 6. The van der Waals surface area contributed by atoms with Gasteiger partial charge in [-0.1, -0.05) is 13.0 Å². The summed E-state index contributed by atoms with van der Waals surface area (Å²) >= 11 is 0. The van der Waals surface area contributed by atoms with Crippen molar-refractivity contribution in [1.82, 2.24) is 25.1 Å². The fourth-order valence-electron chi connectivity index (χ4n) is 4.34. The number of benzene rings is 1. The molecule has 0 bridgehead atoms. The van der Waals surface area contributed by atoms with Crippen molar-refractivity contribution in [1.29, 1.82) is 0 Å². The van der Waals surface area contributed by atoms with E-state index in [4.69, 9.17) is 4.74 Å². The maximum absolute atomic E-state index is 12.9. The number of hydrogen-bond donors (Lipinski definition) is 2. The van der Waals surface area contributed by atoms with Crippen LogP contribution in [0.4, 0.5) is 5.69 Å². The van der Waals surface area contributed by atoms with Crippen molar-refractivity contribution in [3.05, 3.63) is 66.2 Å². The number of aromatic nitrogens is 4. The van der Waals surface area contributed by atoms with Crippen LogP contribution in [0.2, 0.25) is 0 Å². The van der Waals surface area contributed by atoms with Crippen molar-refractivity contribution in [2.24, 2.45) is 5.92 Å². The smallest absolute Gasteiger partial charge is 0.276 e. The molecule has 0 aliphatic carbocycles. The van der Waals surface area contributed by atoms with E-state index in [2.05, 4.69) is 43.4 Å². The van der Waals surface area contributed by atoms with Gasteiger partial charge in [-0.15, -0.1) is 0 Å². The fourth-order valence-corrected chi connectivity index (χ4v) is 4.34. The number of carbonyl (C=O) groups is 1. The average Bonchev–Trinajstić information content (AvgIpc) is 3.30. The predicted molar refractivity (Wildman–Crippen MR) is 132 cm³/mol. The molecule has 8 heteroatoms. The van der Waals surface area contributed by atoms with E-state index in [9.17, 15) is 4.79 Å². The van der Waals surface area contributed by atoms with E-state index in [-0.39, 0.29) is 5.91 Å². The summed E-state index contributed by atoms with van der Waals surface area (Å²) < 4.78 is 5.07. The molecule has 0 atom stereocenters. The number of likely N-dealkylation sites (tertiary alicyclic amines) is 1. The number of hydrogen-bond acceptors (Lipinski definition) is 6. The Labute approximate surface area is 198 Å². The lowest BCUT2D eigenvalue weighted by Crippen LogP contribution is -2.32. The first kappa shape index (κ1) is 22.0. The number of nitrogens with one attached hydrogen (secondary N) is 2. The van der Waals surface area contributed by atoms with E-state index in [1.165, 1.54) is 18.4 Å². The molecule has 4 heterocycles. The fraction of sp³-hybridized carbons (Fsp3) is 0.308. The van der Waals surface area contributed by atoms with Crippen molar-refractivity contribution < 1.29 is 9.53 Å². The summed E-state index contributed by atoms with van der Waals surface area (Å²) in [6, 6.07) is 11.6. The summed E-state index contributed by atoms with van der Waals surface area (Å²) in [5.74, 6) is 0.995. The second-order valence-corrected chi connectivity index (χ2v) is 8.92. The molecular weight excluding hydrogens is 428 g/mol. The number of nitrogens with zero attached hydrogens (tertiary/aromatic N) is 4. The normalized spacial score (nSPS) is 14.9. The molecule has 5 rings (SSSR count). The number of fused-ring (bicyclic) bond motifs is 1. The molecule has 0 spiro atoms. The first-order valence-electron chi connectivity index (χ1n) is 11.6. The molecule has 0 unspecified atom stereocenters. The SMILES string of the molecule is COc1ccc(NC(=O)c2n[nH]c3ccc(-c4cncc(CN5CCC(C)CC5)c4)cc23)cn1. The Bertz CT molecular complexity index is 1290. The largest absolute Gasteiger partial charge is 0.481 e. The van der Waals surface area contributed by atoms with Crippen molar-refractivity contribution >= 4 is 22.5 Å². The van der Waals surface area contributed by atoms with Crippen LogP contribution in [-0.2, 0) is 6.54 Å². The maximum Gasteiger partial charge on any atom is 0.276 e. The molecule has 1 amide bonds. The first-order valence-corrected chi connectivity index (χ1v) is 11.6. The third-order valence-corrected chi connectivity index (χ3v) is 6.39. The summed E-state index contributed by atoms with van der Waals surface area (Å²) in [7, 11) is 1.55. The van der Waals surface area contributed by atoms with E-state index in [1.807, 2.05) is 30.6 Å². The highest BCUT2D eigenvalue weighted by Crippen LogP contribution is 2.27. The second-order valence-electron chi connectivity index (χ2n) is 8.92. The van der Waals surface area contributed by atoms with Crippen LogP contribution in [-0.4, -0.2) is 51.2 Å². The number of H-pyrrole nitrogens is 1. The predicted octanol–water partition coefficient (Wildman–Crippen LogP) is 4.51. The van der Waals surface area contributed by atoms with Crippen LogP contribution in [0.15, 0.2) is 55.0 Å². The highest BCUT2D eigenvalue weighted by molar-refractivity contribution is 6.11. The highest BCUT2D eigenvalue weighted by atomic mass is 16.5. The zero-order valence-corrected chi connectivity index (χ0v) is 19.4. The molecule has 1 aliphatic heterocycles. The van der Waals surface area contributed by atoms with Crippen LogP contribution in [0.3, 0.4) is 0 Å². The molecule has 0 saturated carbocycles. The lowest BCUT2D eigenvalue weighted by atomic mass is 9.98. The van der Waals surface area contributed by atoms with Crippen molar-refractivity contribution in [2.75, 3.05) is 25.5 Å². The molecule has 174 valence electrons. The molecule has 0 radical (unpaired) electrons. The van der Waals surface area contributed by atoms with Crippen LogP contribution < -0.4 is 10.1 Å². The quantitative estimate of drug-likeness (QED) is 0.443. The minimum absolute atomic E-state index is 0.304. The van der Waals surface area contributed by atoms with Crippen molar-refractivity contribution in [3.63, 3.8) is 0 Å². The van der Waals surface area contributed by atoms with Gasteiger partial charge in [-0.05, 0) is 67.2 Å². The maximum atomic E-state index is 12.9. The molecule has 1 aromatic carbocycles. The van der Waals surface area contributed by atoms with E-state index >= 15 is 0 Å². The molecule has 1 fully saturated rings. The summed E-state index contributed by atoms with van der Waals surface area (Å²) in [6.07, 6.45) is 7.87. The van der Waals surface area contributed by atoms with Gasteiger partial charge >= 0.3 is 0 Å². The third kappa shape index (κ3) is 4.77. The van der Waals surface area contributed by atoms with Gasteiger partial charge in [0.05, 0.1) is 24.5 Å². The Balaban J connectivity index is 1.36. The van der Waals surface area contributed by atoms with Gasteiger partial charge in [-0.2, -0.15) is 5.10 Å². The number of anilines is 1. The molecule has 1 saturated heterocycles. The Hall–Kier alpha value is -3.78. The van der Waals surface area contributed by atoms with Crippen LogP contribution in [0.5, 0.6) is 5.88 Å². The molecule has 8 nitrogen and oxygen atoms in total. The molecule has 2 N–H and O–H groups in total. The van der Waals surface area contributed by atoms with Gasteiger partial charge < -0.3 is 10.1 Å². The van der Waals surface area contributed by atoms with Crippen LogP contribution in [0, 0.1) is 5.92 Å². The van der Waals surface area contributed by atoms with Crippen LogP contribution in [0.25, 0.3) is 22.0 Å². The van der Waals surface area contributed by atoms with Gasteiger partial charge in [0, 0.05) is 36.0 Å². The van der Waals surface area contributed by atoms with Crippen LogP contribution >= 0.6 is 0 Å². The topological polar surface area (TPSA) is 96.0 Å². The summed E-state index contributed by atoms with van der Waals surface area (Å²) in [6.45, 7) is 5.50. The van der Waals surface area contributed by atoms with Gasteiger partial charge in [-0.25, -0.2) is 4.98 Å². The minimum Gasteiger partial charge on any atom is -0.481 e. The monoisotopic (exact) mass is 456 g/mol. The van der Waals surface area contributed by atoms with Crippen molar-refractivity contribution in [2.45, 2.75) is 26.3 Å². The zero-order chi connectivity index (χ0) is 23.5. The van der Waals surface area contributed by atoms with Gasteiger partial charge in [0.15, 0.2) is 5.69 Å². The summed E-state index contributed by atoms with van der Waals surface area (Å²) in [5, 5.41) is 10.8. The molecule has 34 heavy (non-hydrogen) atoms. The first-order chi connectivity index (χ1) is 16.6. The minimum atomic E-state index is -0.304. The Morgan fingerprint density at radius 3 is 2.74 bits per heavy atom. The number of amides is 1. The van der Waals surface area contributed by atoms with Crippen LogP contribution in [0.1, 0.15) is 35.8 Å². The van der Waals surface area contributed by atoms with Gasteiger partial charge in [0.1, 0.15) is 0 Å². The number of methoxy groups -OCH3 is 1. The van der Waals surface area contributed by atoms with E-state index in [1.54, 1.807) is 25.4 Å². The average molecular weight is 457 g/mol. The lowest BCUT2D eigenvalue weighted by Gasteiger charge is -2.30. The summed E-state index contributed by atoms with van der Waals surface area (Å²) in [5.41, 5.74) is 4.92. The number of aromatic amines is 1. The molecule has 1 aliphatic rings. The van der Waals surface area contributed by atoms with Crippen molar-refractivity contribution in [3.8, 4) is 17.0 Å². The lowest BCUT2D eigenvalue weighted by molar-refractivity contribution is 0.102. The third-order valence-electron chi connectivity index (χ3n) is 6.39. The number of piperidine rings is 1. The summed E-state index contributed by atoms with van der Waals surface area (Å²) in [4.78, 5) is 24.0. The molecular formula is C26H28N6O2. The Morgan fingerprint density at radius 2 is 1.97 bits per heavy atom. The number of pyridine rings is 2. The Morgan fingerprint density at radius 1 is 1.12 bits per heavy atom. The molecule has 4 aromatic rings. The van der Waals surface area contributed by atoms with Gasteiger partial charge in [0.2, 0.25) is 5.88 Å².